The first-order chi connectivity index (χ1) is 11.6. The van der Waals surface area contributed by atoms with Crippen LogP contribution in [0.15, 0.2) is 65.3 Å². The number of esters is 1. The molecule has 0 unspecified atom stereocenters. The Morgan fingerprint density at radius 2 is 1.79 bits per heavy atom. The van der Waals surface area contributed by atoms with Crippen LogP contribution >= 0.6 is 15.9 Å². The molecular formula is C18H13BrN2O3. The van der Waals surface area contributed by atoms with E-state index in [2.05, 4.69) is 26.2 Å². The second kappa shape index (κ2) is 7.23. The number of pyridine rings is 1. The fourth-order valence-electron chi connectivity index (χ4n) is 2.21. The quantitative estimate of drug-likeness (QED) is 0.694. The van der Waals surface area contributed by atoms with Crippen LogP contribution in [0.3, 0.4) is 0 Å². The smallest absolute Gasteiger partial charge is 0.358 e. The highest BCUT2D eigenvalue weighted by molar-refractivity contribution is 9.10. The third-order valence-electron chi connectivity index (χ3n) is 3.33. The first-order valence-corrected chi connectivity index (χ1v) is 7.99. The van der Waals surface area contributed by atoms with E-state index >= 15 is 0 Å². The Kier molecular flexibility index (Phi) is 4.86. The number of aromatic nitrogens is 1. The number of amides is 1. The van der Waals surface area contributed by atoms with E-state index in [1.807, 2.05) is 36.4 Å². The zero-order valence-electron chi connectivity index (χ0n) is 12.5. The topological polar surface area (TPSA) is 68.3 Å². The summed E-state index contributed by atoms with van der Waals surface area (Å²) in [5, 5.41) is 4.24. The van der Waals surface area contributed by atoms with E-state index in [4.69, 9.17) is 4.74 Å². The molecule has 1 amide bonds. The summed E-state index contributed by atoms with van der Waals surface area (Å²) in [6, 6.07) is 16.3. The summed E-state index contributed by atoms with van der Waals surface area (Å²) in [6.07, 6.45) is 1.54. The summed E-state index contributed by atoms with van der Waals surface area (Å²) in [6.45, 7) is -0.375. The van der Waals surface area contributed by atoms with Gasteiger partial charge in [0.25, 0.3) is 5.91 Å². The normalized spacial score (nSPS) is 10.4. The van der Waals surface area contributed by atoms with Crippen LogP contribution in [0.2, 0.25) is 0 Å². The van der Waals surface area contributed by atoms with Crippen molar-refractivity contribution < 1.29 is 14.3 Å². The zero-order valence-corrected chi connectivity index (χ0v) is 14.1. The van der Waals surface area contributed by atoms with Crippen LogP contribution in [0.1, 0.15) is 10.5 Å². The molecule has 1 heterocycles. The summed E-state index contributed by atoms with van der Waals surface area (Å²) in [5.74, 6) is -1.04. The van der Waals surface area contributed by atoms with Gasteiger partial charge < -0.3 is 10.1 Å². The molecule has 0 bridgehead atoms. The van der Waals surface area contributed by atoms with Crippen molar-refractivity contribution in [1.29, 1.82) is 0 Å². The minimum Gasteiger partial charge on any atom is -0.451 e. The maximum Gasteiger partial charge on any atom is 0.358 e. The number of fused-ring (bicyclic) bond motifs is 1. The van der Waals surface area contributed by atoms with Gasteiger partial charge in [-0.2, -0.15) is 0 Å². The summed E-state index contributed by atoms with van der Waals surface area (Å²) in [4.78, 5) is 28.1. The Bertz CT molecular complexity index is 889. The van der Waals surface area contributed by atoms with Gasteiger partial charge in [0.1, 0.15) is 0 Å². The van der Waals surface area contributed by atoms with Crippen molar-refractivity contribution in [2.45, 2.75) is 0 Å². The molecule has 0 fully saturated rings. The van der Waals surface area contributed by atoms with Gasteiger partial charge in [0.15, 0.2) is 12.3 Å². The summed E-state index contributed by atoms with van der Waals surface area (Å²) in [7, 11) is 0. The average Bonchev–Trinajstić information content (AvgIpc) is 2.61. The molecule has 0 radical (unpaired) electrons. The molecule has 0 saturated carbocycles. The fourth-order valence-corrected chi connectivity index (χ4v) is 2.48. The number of hydrogen-bond donors (Lipinski definition) is 1. The maximum absolute atomic E-state index is 12.2. The molecule has 120 valence electrons. The molecule has 0 saturated heterocycles. The SMILES string of the molecule is O=C(COC(=O)c1nccc2ccccc12)Nc1ccc(Br)cc1. The zero-order chi connectivity index (χ0) is 16.9. The van der Waals surface area contributed by atoms with E-state index < -0.39 is 11.9 Å². The number of halogens is 1. The molecule has 6 heteroatoms. The molecule has 1 N–H and O–H groups in total. The predicted molar refractivity (Wildman–Crippen MR) is 94.8 cm³/mol. The van der Waals surface area contributed by atoms with Gasteiger partial charge in [-0.15, -0.1) is 0 Å². The molecule has 5 nitrogen and oxygen atoms in total. The number of carbonyl (C=O) groups is 2. The van der Waals surface area contributed by atoms with Crippen molar-refractivity contribution in [3.63, 3.8) is 0 Å². The number of nitrogens with zero attached hydrogens (tertiary/aromatic N) is 1. The van der Waals surface area contributed by atoms with Crippen molar-refractivity contribution in [3.05, 3.63) is 71.0 Å². The number of carbonyl (C=O) groups excluding carboxylic acids is 2. The monoisotopic (exact) mass is 384 g/mol. The van der Waals surface area contributed by atoms with Crippen LogP contribution < -0.4 is 5.32 Å². The lowest BCUT2D eigenvalue weighted by molar-refractivity contribution is -0.119. The van der Waals surface area contributed by atoms with E-state index in [9.17, 15) is 9.59 Å². The number of hydrogen-bond acceptors (Lipinski definition) is 4. The molecule has 1 aromatic heterocycles. The number of benzene rings is 2. The van der Waals surface area contributed by atoms with Crippen LogP contribution in [-0.4, -0.2) is 23.5 Å². The first-order valence-electron chi connectivity index (χ1n) is 7.20. The number of rotatable bonds is 4. The molecule has 0 spiro atoms. The molecule has 0 atom stereocenters. The third kappa shape index (κ3) is 3.78. The standard InChI is InChI=1S/C18H13BrN2O3/c19-13-5-7-14(8-6-13)21-16(22)11-24-18(23)17-15-4-2-1-3-12(15)9-10-20-17/h1-10H,11H2,(H,21,22). The van der Waals surface area contributed by atoms with E-state index in [1.54, 1.807) is 24.4 Å². The number of ether oxygens (including phenoxy) is 1. The first kappa shape index (κ1) is 16.1. The van der Waals surface area contributed by atoms with Crippen molar-refractivity contribution in [1.82, 2.24) is 4.98 Å². The van der Waals surface area contributed by atoms with Crippen LogP contribution in [0, 0.1) is 0 Å². The predicted octanol–water partition coefficient (Wildman–Crippen LogP) is 3.79. The summed E-state index contributed by atoms with van der Waals surface area (Å²) < 4.78 is 5.98. The fraction of sp³-hybridized carbons (Fsp3) is 0.0556. The molecule has 0 aliphatic carbocycles. The molecule has 3 rings (SSSR count). The summed E-state index contributed by atoms with van der Waals surface area (Å²) in [5.41, 5.74) is 0.826. The van der Waals surface area contributed by atoms with Crippen molar-refractivity contribution in [2.24, 2.45) is 0 Å². The molecule has 3 aromatic rings. The minimum absolute atomic E-state index is 0.199. The van der Waals surface area contributed by atoms with Crippen LogP contribution in [0.25, 0.3) is 10.8 Å². The Morgan fingerprint density at radius 1 is 1.04 bits per heavy atom. The highest BCUT2D eigenvalue weighted by atomic mass is 79.9. The second-order valence-corrected chi connectivity index (χ2v) is 5.93. The Labute approximate surface area is 146 Å². The molecule has 2 aromatic carbocycles. The average molecular weight is 385 g/mol. The van der Waals surface area contributed by atoms with E-state index in [1.165, 1.54) is 0 Å². The van der Waals surface area contributed by atoms with Crippen LogP contribution in [-0.2, 0) is 9.53 Å². The van der Waals surface area contributed by atoms with Gasteiger partial charge in [-0.25, -0.2) is 9.78 Å². The van der Waals surface area contributed by atoms with Gasteiger partial charge in [-0.05, 0) is 35.7 Å². The van der Waals surface area contributed by atoms with E-state index in [0.717, 1.165) is 9.86 Å². The van der Waals surface area contributed by atoms with Gasteiger partial charge in [-0.1, -0.05) is 40.2 Å². The van der Waals surface area contributed by atoms with Gasteiger partial charge in [0, 0.05) is 21.7 Å². The van der Waals surface area contributed by atoms with Gasteiger partial charge in [-0.3, -0.25) is 4.79 Å². The Balaban J connectivity index is 1.64. The van der Waals surface area contributed by atoms with E-state index in [0.29, 0.717) is 11.1 Å². The second-order valence-electron chi connectivity index (χ2n) is 5.01. The Hall–Kier alpha value is -2.73. The van der Waals surface area contributed by atoms with Crippen molar-refractivity contribution >= 4 is 44.3 Å². The molecule has 0 aliphatic rings. The van der Waals surface area contributed by atoms with E-state index in [-0.39, 0.29) is 12.3 Å². The van der Waals surface area contributed by atoms with Crippen molar-refractivity contribution in [2.75, 3.05) is 11.9 Å². The third-order valence-corrected chi connectivity index (χ3v) is 3.86. The number of anilines is 1. The highest BCUT2D eigenvalue weighted by Gasteiger charge is 2.14. The lowest BCUT2D eigenvalue weighted by Gasteiger charge is -2.08. The lowest BCUT2D eigenvalue weighted by atomic mass is 10.1. The van der Waals surface area contributed by atoms with Gasteiger partial charge in [0.05, 0.1) is 0 Å². The van der Waals surface area contributed by atoms with Crippen LogP contribution in [0.4, 0.5) is 5.69 Å². The Morgan fingerprint density at radius 3 is 2.58 bits per heavy atom. The lowest BCUT2D eigenvalue weighted by Crippen LogP contribution is -2.21. The molecule has 24 heavy (non-hydrogen) atoms. The summed E-state index contributed by atoms with van der Waals surface area (Å²) >= 11 is 3.32. The van der Waals surface area contributed by atoms with Gasteiger partial charge >= 0.3 is 5.97 Å². The van der Waals surface area contributed by atoms with Crippen LogP contribution in [0.5, 0.6) is 0 Å². The maximum atomic E-state index is 12.2. The molecule has 0 aliphatic heterocycles. The minimum atomic E-state index is -0.627. The number of nitrogens with one attached hydrogen (secondary N) is 1. The van der Waals surface area contributed by atoms with Gasteiger partial charge in [0.2, 0.25) is 0 Å². The van der Waals surface area contributed by atoms with Crippen molar-refractivity contribution in [3.8, 4) is 0 Å². The largest absolute Gasteiger partial charge is 0.451 e. The molecular weight excluding hydrogens is 372 g/mol. The highest BCUT2D eigenvalue weighted by Crippen LogP contribution is 2.17.